The van der Waals surface area contributed by atoms with Crippen molar-refractivity contribution >= 4 is 5.91 Å². The normalized spacial score (nSPS) is 17.2. The van der Waals surface area contributed by atoms with Crippen LogP contribution in [0.15, 0.2) is 28.8 Å². The van der Waals surface area contributed by atoms with Crippen molar-refractivity contribution in [1.82, 2.24) is 15.5 Å². The lowest BCUT2D eigenvalue weighted by Crippen LogP contribution is -2.35. The Morgan fingerprint density at radius 1 is 1.48 bits per heavy atom. The first kappa shape index (κ1) is 15.5. The zero-order valence-corrected chi connectivity index (χ0v) is 12.9. The van der Waals surface area contributed by atoms with Gasteiger partial charge in [0.15, 0.2) is 0 Å². The average Bonchev–Trinajstić information content (AvgIpc) is 3.26. The highest BCUT2D eigenvalue weighted by atomic mass is 16.5. The summed E-state index contributed by atoms with van der Waals surface area (Å²) < 4.78 is 15.7. The molecule has 2 heterocycles. The molecule has 122 valence electrons. The maximum atomic E-state index is 11.8. The first-order valence-electron chi connectivity index (χ1n) is 7.62. The molecule has 1 aliphatic heterocycles. The van der Waals surface area contributed by atoms with E-state index in [1.165, 1.54) is 0 Å². The molecule has 1 aromatic heterocycles. The minimum atomic E-state index is -0.315. The Morgan fingerprint density at radius 2 is 2.39 bits per heavy atom. The van der Waals surface area contributed by atoms with Crippen LogP contribution in [0.5, 0.6) is 5.75 Å². The average molecular weight is 317 g/mol. The summed E-state index contributed by atoms with van der Waals surface area (Å²) >= 11 is 0. The van der Waals surface area contributed by atoms with E-state index in [1.54, 1.807) is 7.11 Å². The summed E-state index contributed by atoms with van der Waals surface area (Å²) in [6.07, 6.45) is 1.89. The molecule has 0 radical (unpaired) electrons. The second-order valence-corrected chi connectivity index (χ2v) is 5.29. The topological polar surface area (TPSA) is 86.5 Å². The van der Waals surface area contributed by atoms with Crippen molar-refractivity contribution in [1.29, 1.82) is 0 Å². The van der Waals surface area contributed by atoms with E-state index in [4.69, 9.17) is 14.0 Å². The fourth-order valence-corrected chi connectivity index (χ4v) is 2.43. The molecule has 1 atom stereocenters. The second kappa shape index (κ2) is 7.23. The van der Waals surface area contributed by atoms with Crippen molar-refractivity contribution in [2.24, 2.45) is 0 Å². The molecule has 1 amide bonds. The number of carbonyl (C=O) groups is 1. The van der Waals surface area contributed by atoms with Crippen molar-refractivity contribution in [3.05, 3.63) is 30.2 Å². The van der Waals surface area contributed by atoms with Crippen molar-refractivity contribution < 1.29 is 18.8 Å². The van der Waals surface area contributed by atoms with Crippen LogP contribution in [0, 0.1) is 0 Å². The van der Waals surface area contributed by atoms with Crippen molar-refractivity contribution in [2.75, 3.05) is 20.3 Å². The molecule has 7 nitrogen and oxygen atoms in total. The Balaban J connectivity index is 1.53. The largest absolute Gasteiger partial charge is 0.497 e. The van der Waals surface area contributed by atoms with E-state index >= 15 is 0 Å². The number of amides is 1. The highest BCUT2D eigenvalue weighted by Gasteiger charge is 2.23. The van der Waals surface area contributed by atoms with Crippen LogP contribution < -0.4 is 10.1 Å². The Bertz CT molecular complexity index is 665. The molecule has 0 saturated carbocycles. The van der Waals surface area contributed by atoms with Crippen molar-refractivity contribution in [3.63, 3.8) is 0 Å². The van der Waals surface area contributed by atoms with E-state index in [2.05, 4.69) is 15.5 Å². The minimum absolute atomic E-state index is 0.0740. The molecule has 0 bridgehead atoms. The Labute approximate surface area is 134 Å². The van der Waals surface area contributed by atoms with Crippen molar-refractivity contribution in [2.45, 2.75) is 25.4 Å². The predicted molar refractivity (Wildman–Crippen MR) is 82.0 cm³/mol. The van der Waals surface area contributed by atoms with Crippen molar-refractivity contribution in [3.8, 4) is 17.1 Å². The monoisotopic (exact) mass is 317 g/mol. The lowest BCUT2D eigenvalue weighted by atomic mass is 10.2. The van der Waals surface area contributed by atoms with Gasteiger partial charge in [0.05, 0.1) is 7.11 Å². The lowest BCUT2D eigenvalue weighted by Gasteiger charge is -2.08. The van der Waals surface area contributed by atoms with Gasteiger partial charge in [0.25, 0.3) is 0 Å². The Hall–Kier alpha value is -2.41. The first-order valence-corrected chi connectivity index (χ1v) is 7.62. The summed E-state index contributed by atoms with van der Waals surface area (Å²) in [7, 11) is 1.61. The molecule has 0 aliphatic carbocycles. The summed E-state index contributed by atoms with van der Waals surface area (Å²) in [6.45, 7) is 1.10. The number of benzene rings is 1. The van der Waals surface area contributed by atoms with Gasteiger partial charge in [-0.1, -0.05) is 17.3 Å². The van der Waals surface area contributed by atoms with Gasteiger partial charge in [-0.25, -0.2) is 0 Å². The number of hydrogen-bond acceptors (Lipinski definition) is 6. The van der Waals surface area contributed by atoms with Gasteiger partial charge < -0.3 is 19.3 Å². The molecule has 1 aliphatic rings. The van der Waals surface area contributed by atoms with Gasteiger partial charge in [0, 0.05) is 25.1 Å². The summed E-state index contributed by atoms with van der Waals surface area (Å²) in [6, 6.07) is 7.45. The van der Waals surface area contributed by atoms with Gasteiger partial charge in [-0.3, -0.25) is 4.79 Å². The summed E-state index contributed by atoms with van der Waals surface area (Å²) in [5, 5.41) is 6.79. The van der Waals surface area contributed by atoms with Gasteiger partial charge >= 0.3 is 0 Å². The van der Waals surface area contributed by atoms with Crippen LogP contribution in [0.25, 0.3) is 11.4 Å². The molecular weight excluding hydrogens is 298 g/mol. The van der Waals surface area contributed by atoms with E-state index in [0.29, 0.717) is 31.3 Å². The van der Waals surface area contributed by atoms with Gasteiger partial charge in [-0.2, -0.15) is 4.98 Å². The number of nitrogens with zero attached hydrogens (tertiary/aromatic N) is 2. The second-order valence-electron chi connectivity index (χ2n) is 5.29. The van der Waals surface area contributed by atoms with E-state index < -0.39 is 0 Å². The zero-order valence-electron chi connectivity index (χ0n) is 12.9. The molecule has 0 spiro atoms. The lowest BCUT2D eigenvalue weighted by molar-refractivity contribution is -0.130. The van der Waals surface area contributed by atoms with Gasteiger partial charge in [-0.15, -0.1) is 0 Å². The van der Waals surface area contributed by atoms with Crippen LogP contribution in [0.3, 0.4) is 0 Å². The zero-order chi connectivity index (χ0) is 16.1. The SMILES string of the molecule is COc1cccc(-c2noc(CCNC(=O)C3CCCO3)n2)c1. The fraction of sp³-hybridized carbons (Fsp3) is 0.438. The summed E-state index contributed by atoms with van der Waals surface area (Å²) in [4.78, 5) is 16.2. The van der Waals surface area contributed by atoms with E-state index in [0.717, 1.165) is 24.2 Å². The number of methoxy groups -OCH3 is 1. The maximum absolute atomic E-state index is 11.8. The highest BCUT2D eigenvalue weighted by Crippen LogP contribution is 2.21. The minimum Gasteiger partial charge on any atom is -0.497 e. The molecule has 1 saturated heterocycles. The van der Waals surface area contributed by atoms with Gasteiger partial charge in [0.1, 0.15) is 11.9 Å². The van der Waals surface area contributed by atoms with E-state index in [9.17, 15) is 4.79 Å². The van der Waals surface area contributed by atoms with Crippen LogP contribution in [0.4, 0.5) is 0 Å². The third-order valence-electron chi connectivity index (χ3n) is 3.66. The van der Waals surface area contributed by atoms with Gasteiger partial charge in [-0.05, 0) is 25.0 Å². The third kappa shape index (κ3) is 3.87. The van der Waals surface area contributed by atoms with Crippen LogP contribution in [0.1, 0.15) is 18.7 Å². The predicted octanol–water partition coefficient (Wildman–Crippen LogP) is 1.58. The fourth-order valence-electron chi connectivity index (χ4n) is 2.43. The quantitative estimate of drug-likeness (QED) is 0.870. The van der Waals surface area contributed by atoms with Crippen LogP contribution >= 0.6 is 0 Å². The first-order chi connectivity index (χ1) is 11.3. The summed E-state index contributed by atoms with van der Waals surface area (Å²) in [5.74, 6) is 1.65. The number of aromatic nitrogens is 2. The molecular formula is C16H19N3O4. The molecule has 1 unspecified atom stereocenters. The van der Waals surface area contributed by atoms with E-state index in [1.807, 2.05) is 24.3 Å². The molecule has 7 heteroatoms. The third-order valence-corrected chi connectivity index (χ3v) is 3.66. The molecule has 23 heavy (non-hydrogen) atoms. The number of rotatable bonds is 6. The maximum Gasteiger partial charge on any atom is 0.249 e. The molecule has 3 rings (SSSR count). The van der Waals surface area contributed by atoms with Crippen LogP contribution in [-0.4, -0.2) is 42.4 Å². The molecule has 1 N–H and O–H groups in total. The molecule has 1 aromatic carbocycles. The highest BCUT2D eigenvalue weighted by molar-refractivity contribution is 5.80. The Kier molecular flexibility index (Phi) is 4.87. The molecule has 2 aromatic rings. The number of carbonyl (C=O) groups excluding carboxylic acids is 1. The Morgan fingerprint density at radius 3 is 3.17 bits per heavy atom. The van der Waals surface area contributed by atoms with Crippen LogP contribution in [0.2, 0.25) is 0 Å². The number of ether oxygens (including phenoxy) is 2. The molecule has 1 fully saturated rings. The number of nitrogens with one attached hydrogen (secondary N) is 1. The summed E-state index contributed by atoms with van der Waals surface area (Å²) in [5.41, 5.74) is 0.822. The van der Waals surface area contributed by atoms with E-state index in [-0.39, 0.29) is 12.0 Å². The van der Waals surface area contributed by atoms with Crippen LogP contribution in [-0.2, 0) is 16.0 Å². The smallest absolute Gasteiger partial charge is 0.249 e. The van der Waals surface area contributed by atoms with Gasteiger partial charge in [0.2, 0.25) is 17.6 Å². The standard InChI is InChI=1S/C16H19N3O4/c1-21-12-5-2-4-11(10-12)15-18-14(23-19-15)7-8-17-16(20)13-6-3-9-22-13/h2,4-5,10,13H,3,6-9H2,1H3,(H,17,20). The number of hydrogen-bond donors (Lipinski definition) is 1.